The number of nitrogen functional groups attached to an aromatic ring is 1. The van der Waals surface area contributed by atoms with Gasteiger partial charge in [0, 0.05) is 28.7 Å². The highest BCUT2D eigenvalue weighted by Crippen LogP contribution is 2.27. The van der Waals surface area contributed by atoms with Gasteiger partial charge in [-0.1, -0.05) is 26.0 Å². The number of hydrogen-bond donors (Lipinski definition) is 3. The van der Waals surface area contributed by atoms with Gasteiger partial charge >= 0.3 is 6.03 Å². The van der Waals surface area contributed by atoms with Crippen LogP contribution in [0.1, 0.15) is 41.4 Å². The number of aromatic nitrogens is 3. The van der Waals surface area contributed by atoms with Crippen LogP contribution in [-0.4, -0.2) is 26.4 Å². The highest BCUT2D eigenvalue weighted by molar-refractivity contribution is 6.15. The number of hydrogen-bond acceptors (Lipinski definition) is 5. The molecule has 0 aliphatic heterocycles. The average molecular weight is 450 g/mol. The molecule has 0 atom stereocenters. The Morgan fingerprint density at radius 1 is 1.00 bits per heavy atom. The summed E-state index contributed by atoms with van der Waals surface area (Å²) in [4.78, 5) is 29.6. The van der Waals surface area contributed by atoms with Gasteiger partial charge in [0.05, 0.1) is 5.56 Å². The smallest absolute Gasteiger partial charge is 0.323 e. The summed E-state index contributed by atoms with van der Waals surface area (Å²) in [7, 11) is 0. The molecule has 168 valence electrons. The lowest BCUT2D eigenvalue weighted by atomic mass is 10.0. The summed E-state index contributed by atoms with van der Waals surface area (Å²) >= 11 is 0. The van der Waals surface area contributed by atoms with Crippen molar-refractivity contribution in [3.63, 3.8) is 0 Å². The highest BCUT2D eigenvalue weighted by atomic mass is 19.1. The van der Waals surface area contributed by atoms with Gasteiger partial charge in [-0.2, -0.15) is 5.10 Å². The van der Waals surface area contributed by atoms with Crippen molar-refractivity contribution in [1.29, 1.82) is 0 Å². The van der Waals surface area contributed by atoms with Crippen LogP contribution in [0.2, 0.25) is 0 Å². The fourth-order valence-electron chi connectivity index (χ4n) is 3.49. The number of nitrogens with one attached hydrogen (secondary N) is 2. The molecular weight excluding hydrogens is 430 g/mol. The summed E-state index contributed by atoms with van der Waals surface area (Å²) in [5.74, 6) is -1.70. The van der Waals surface area contributed by atoms with E-state index in [2.05, 4.69) is 20.7 Å². The van der Waals surface area contributed by atoms with Crippen LogP contribution in [0.25, 0.3) is 5.52 Å². The third-order valence-corrected chi connectivity index (χ3v) is 4.95. The highest BCUT2D eigenvalue weighted by Gasteiger charge is 2.22. The van der Waals surface area contributed by atoms with Gasteiger partial charge in [-0.15, -0.1) is 0 Å². The van der Waals surface area contributed by atoms with Gasteiger partial charge in [0.2, 0.25) is 0 Å². The zero-order valence-electron chi connectivity index (χ0n) is 17.8. The van der Waals surface area contributed by atoms with Crippen LogP contribution in [0, 0.1) is 11.6 Å². The van der Waals surface area contributed by atoms with Crippen LogP contribution in [0.15, 0.2) is 54.9 Å². The number of carbonyl (C=O) groups is 2. The zero-order chi connectivity index (χ0) is 23.7. The van der Waals surface area contributed by atoms with Gasteiger partial charge in [-0.25, -0.2) is 23.1 Å². The lowest BCUT2D eigenvalue weighted by Crippen LogP contribution is -2.19. The Morgan fingerprint density at radius 3 is 2.39 bits per heavy atom. The van der Waals surface area contributed by atoms with E-state index in [1.807, 2.05) is 13.8 Å². The van der Waals surface area contributed by atoms with E-state index in [-0.39, 0.29) is 23.2 Å². The van der Waals surface area contributed by atoms with Gasteiger partial charge in [0.25, 0.3) is 0 Å². The molecule has 0 aliphatic carbocycles. The molecule has 8 nitrogen and oxygen atoms in total. The Bertz CT molecular complexity index is 1360. The normalized spacial score (nSPS) is 11.1. The quantitative estimate of drug-likeness (QED) is 0.385. The number of urea groups is 1. The fraction of sp³-hybridized carbons (Fsp3) is 0.130. The predicted molar refractivity (Wildman–Crippen MR) is 120 cm³/mol. The molecule has 0 aliphatic rings. The van der Waals surface area contributed by atoms with E-state index >= 15 is 0 Å². The first-order valence-corrected chi connectivity index (χ1v) is 10.0. The van der Waals surface area contributed by atoms with Crippen molar-refractivity contribution in [2.75, 3.05) is 16.4 Å². The first-order valence-electron chi connectivity index (χ1n) is 10.0. The summed E-state index contributed by atoms with van der Waals surface area (Å²) in [6.07, 6.45) is 1.33. The van der Waals surface area contributed by atoms with Gasteiger partial charge in [0.1, 0.15) is 23.5 Å². The lowest BCUT2D eigenvalue weighted by Gasteiger charge is -2.09. The Hall–Kier alpha value is -4.34. The Balaban J connectivity index is 1.60. The van der Waals surface area contributed by atoms with Crippen molar-refractivity contribution in [2.45, 2.75) is 19.8 Å². The standard InChI is InChI=1S/C23H20F2N6O2/c1-12(2)19-10-18(20-22(26)27-11-28-31(19)20)21(32)13-4-3-5-16(6-13)29-23(33)30-17-8-14(24)7-15(25)9-17/h3-12H,1-2H3,(H2,26,27,28)(H2,29,30,33). The van der Waals surface area contributed by atoms with E-state index in [0.29, 0.717) is 28.4 Å². The van der Waals surface area contributed by atoms with Gasteiger partial charge in [-0.05, 0) is 36.2 Å². The van der Waals surface area contributed by atoms with E-state index in [4.69, 9.17) is 5.73 Å². The lowest BCUT2D eigenvalue weighted by molar-refractivity contribution is 0.104. The monoisotopic (exact) mass is 450 g/mol. The van der Waals surface area contributed by atoms with E-state index in [1.165, 1.54) is 12.4 Å². The molecule has 33 heavy (non-hydrogen) atoms. The van der Waals surface area contributed by atoms with Crippen LogP contribution in [-0.2, 0) is 0 Å². The molecule has 2 amide bonds. The summed E-state index contributed by atoms with van der Waals surface area (Å²) in [5.41, 5.74) is 8.16. The molecule has 2 aromatic carbocycles. The van der Waals surface area contributed by atoms with E-state index in [1.54, 1.807) is 28.8 Å². The molecular formula is C23H20F2N6O2. The Labute approximate surface area is 187 Å². The first-order chi connectivity index (χ1) is 15.7. The SMILES string of the molecule is CC(C)c1cc(C(=O)c2cccc(NC(=O)Nc3cc(F)cc(F)c3)c2)c2c(N)ncnn12. The van der Waals surface area contributed by atoms with E-state index < -0.39 is 17.7 Å². The number of carbonyl (C=O) groups excluding carboxylic acids is 2. The average Bonchev–Trinajstić information content (AvgIpc) is 3.14. The van der Waals surface area contributed by atoms with Crippen LogP contribution in [0.4, 0.5) is 30.8 Å². The molecule has 0 radical (unpaired) electrons. The number of amides is 2. The van der Waals surface area contributed by atoms with Gasteiger partial charge in [-0.3, -0.25) is 4.79 Å². The Kier molecular flexibility index (Phi) is 5.74. The largest absolute Gasteiger partial charge is 0.382 e. The van der Waals surface area contributed by atoms with Crippen molar-refractivity contribution in [2.24, 2.45) is 0 Å². The number of ketones is 1. The molecule has 4 aromatic rings. The van der Waals surface area contributed by atoms with E-state index in [9.17, 15) is 18.4 Å². The predicted octanol–water partition coefficient (Wildman–Crippen LogP) is 4.59. The van der Waals surface area contributed by atoms with Crippen LogP contribution in [0.3, 0.4) is 0 Å². The second kappa shape index (κ2) is 8.65. The molecule has 2 heterocycles. The minimum atomic E-state index is -0.818. The summed E-state index contributed by atoms with van der Waals surface area (Å²) < 4.78 is 28.3. The molecule has 0 spiro atoms. The Morgan fingerprint density at radius 2 is 1.70 bits per heavy atom. The van der Waals surface area contributed by atoms with Crippen molar-refractivity contribution in [3.05, 3.63) is 83.3 Å². The maximum atomic E-state index is 13.3. The number of rotatable bonds is 5. The molecule has 4 rings (SSSR count). The van der Waals surface area contributed by atoms with Crippen molar-refractivity contribution in [1.82, 2.24) is 14.6 Å². The second-order valence-corrected chi connectivity index (χ2v) is 7.69. The van der Waals surface area contributed by atoms with Crippen molar-refractivity contribution in [3.8, 4) is 0 Å². The van der Waals surface area contributed by atoms with Crippen molar-refractivity contribution < 1.29 is 18.4 Å². The third kappa shape index (κ3) is 4.49. The molecule has 0 saturated heterocycles. The topological polar surface area (TPSA) is 114 Å². The van der Waals surface area contributed by atoms with Crippen molar-refractivity contribution >= 4 is 34.5 Å². The number of anilines is 3. The molecule has 0 saturated carbocycles. The molecule has 10 heteroatoms. The summed E-state index contributed by atoms with van der Waals surface area (Å²) in [6, 6.07) is 9.96. The summed E-state index contributed by atoms with van der Waals surface area (Å²) in [5, 5.41) is 9.12. The van der Waals surface area contributed by atoms with E-state index in [0.717, 1.165) is 17.8 Å². The molecule has 0 bridgehead atoms. The number of nitrogens with two attached hydrogens (primary N) is 1. The second-order valence-electron chi connectivity index (χ2n) is 7.69. The zero-order valence-corrected chi connectivity index (χ0v) is 17.8. The maximum absolute atomic E-state index is 13.3. The van der Waals surface area contributed by atoms with Gasteiger partial charge < -0.3 is 16.4 Å². The third-order valence-electron chi connectivity index (χ3n) is 4.95. The minimum Gasteiger partial charge on any atom is -0.382 e. The van der Waals surface area contributed by atoms with Crippen LogP contribution in [0.5, 0.6) is 0 Å². The molecule has 4 N–H and O–H groups in total. The minimum absolute atomic E-state index is 0.0470. The number of halogens is 2. The molecule has 0 unspecified atom stereocenters. The first kappa shape index (κ1) is 21.9. The maximum Gasteiger partial charge on any atom is 0.323 e. The summed E-state index contributed by atoms with van der Waals surface area (Å²) in [6.45, 7) is 3.95. The van der Waals surface area contributed by atoms with Crippen LogP contribution < -0.4 is 16.4 Å². The number of fused-ring (bicyclic) bond motifs is 1. The molecule has 2 aromatic heterocycles. The molecule has 0 fully saturated rings. The fourth-order valence-corrected chi connectivity index (χ4v) is 3.49. The number of nitrogens with zero attached hydrogens (tertiary/aromatic N) is 3. The number of benzene rings is 2. The van der Waals surface area contributed by atoms with Gasteiger partial charge in [0.15, 0.2) is 11.6 Å². The van der Waals surface area contributed by atoms with Crippen LogP contribution >= 0.6 is 0 Å².